The molecule has 0 bridgehead atoms. The summed E-state index contributed by atoms with van der Waals surface area (Å²) in [6.45, 7) is 8.00. The van der Waals surface area contributed by atoms with Crippen LogP contribution in [0.15, 0.2) is 36.5 Å². The molecular weight excluding hydrogens is 278 g/mol. The van der Waals surface area contributed by atoms with E-state index in [1.165, 1.54) is 5.56 Å². The van der Waals surface area contributed by atoms with Gasteiger partial charge in [0.15, 0.2) is 11.9 Å². The molecule has 0 saturated carbocycles. The summed E-state index contributed by atoms with van der Waals surface area (Å²) in [6.07, 6.45) is 2.62. The van der Waals surface area contributed by atoms with Crippen LogP contribution in [0.5, 0.6) is 17.2 Å². The Morgan fingerprint density at radius 3 is 2.36 bits per heavy atom. The Morgan fingerprint density at radius 2 is 1.68 bits per heavy atom. The van der Waals surface area contributed by atoms with Gasteiger partial charge in [-0.05, 0) is 26.0 Å². The molecule has 1 N–H and O–H groups in total. The Balaban J connectivity index is 1.80. The van der Waals surface area contributed by atoms with E-state index in [1.54, 1.807) is 6.07 Å². The van der Waals surface area contributed by atoms with Gasteiger partial charge in [-0.2, -0.15) is 4.57 Å². The zero-order valence-corrected chi connectivity index (χ0v) is 13.5. The zero-order chi connectivity index (χ0) is 15.9. The van der Waals surface area contributed by atoms with E-state index in [1.807, 2.05) is 42.0 Å². The Hall–Kier alpha value is -2.23. The van der Waals surface area contributed by atoms with E-state index in [-0.39, 0.29) is 5.75 Å². The number of rotatable bonds is 7. The summed E-state index contributed by atoms with van der Waals surface area (Å²) in [5.74, 6) is 1.61. The van der Waals surface area contributed by atoms with E-state index in [0.717, 1.165) is 24.4 Å². The number of aryl methyl sites for hydroxylation is 2. The average Bonchev–Trinajstić information content (AvgIpc) is 2.52. The van der Waals surface area contributed by atoms with E-state index in [4.69, 9.17) is 9.47 Å². The molecule has 0 aliphatic heterocycles. The maximum atomic E-state index is 9.90. The number of aromatic hydroxyl groups is 1. The maximum Gasteiger partial charge on any atom is 0.228 e. The number of nitrogens with zero attached hydrogens (tertiary/aromatic N) is 1. The molecule has 1 aromatic carbocycles. The normalized spacial score (nSPS) is 10.5. The van der Waals surface area contributed by atoms with Gasteiger partial charge in [0.1, 0.15) is 12.3 Å². The van der Waals surface area contributed by atoms with Gasteiger partial charge in [-0.15, -0.1) is 0 Å². The summed E-state index contributed by atoms with van der Waals surface area (Å²) >= 11 is 0. The zero-order valence-electron chi connectivity index (χ0n) is 13.5. The van der Waals surface area contributed by atoms with Crippen molar-refractivity contribution >= 4 is 0 Å². The van der Waals surface area contributed by atoms with Crippen LogP contribution >= 0.6 is 0 Å². The average molecular weight is 302 g/mol. The largest absolute Gasteiger partial charge is 0.504 e. The molecule has 0 aliphatic carbocycles. The van der Waals surface area contributed by atoms with E-state index in [0.29, 0.717) is 19.0 Å². The Kier molecular flexibility index (Phi) is 5.64. The molecule has 1 heterocycles. The van der Waals surface area contributed by atoms with Crippen LogP contribution in [0, 0.1) is 13.8 Å². The van der Waals surface area contributed by atoms with E-state index < -0.39 is 0 Å². The first-order valence-electron chi connectivity index (χ1n) is 7.66. The SMILES string of the molecule is CC[n+]1ccc(O)c(OCCCOc2ccc(C)cc2)c1C. The Morgan fingerprint density at radius 1 is 1.00 bits per heavy atom. The van der Waals surface area contributed by atoms with Gasteiger partial charge in [0.25, 0.3) is 0 Å². The van der Waals surface area contributed by atoms with Crippen LogP contribution in [0.1, 0.15) is 24.6 Å². The molecule has 4 nitrogen and oxygen atoms in total. The van der Waals surface area contributed by atoms with Gasteiger partial charge in [0, 0.05) is 19.4 Å². The highest BCUT2D eigenvalue weighted by atomic mass is 16.5. The quantitative estimate of drug-likeness (QED) is 0.631. The lowest BCUT2D eigenvalue weighted by Gasteiger charge is -2.10. The molecule has 1 aromatic heterocycles. The van der Waals surface area contributed by atoms with Crippen molar-refractivity contribution in [3.63, 3.8) is 0 Å². The smallest absolute Gasteiger partial charge is 0.228 e. The molecule has 0 unspecified atom stereocenters. The molecular formula is C18H24NO3+. The number of ether oxygens (including phenoxy) is 2. The minimum atomic E-state index is 0.182. The monoisotopic (exact) mass is 302 g/mol. The van der Waals surface area contributed by atoms with Crippen LogP contribution in [-0.2, 0) is 6.54 Å². The lowest BCUT2D eigenvalue weighted by Crippen LogP contribution is -2.35. The molecule has 4 heteroatoms. The van der Waals surface area contributed by atoms with E-state index in [2.05, 4.69) is 13.8 Å². The Bertz CT molecular complexity index is 608. The summed E-state index contributed by atoms with van der Waals surface area (Å²) in [4.78, 5) is 0. The first kappa shape index (κ1) is 16.1. The Labute approximate surface area is 131 Å². The second-order valence-corrected chi connectivity index (χ2v) is 5.27. The van der Waals surface area contributed by atoms with Crippen LogP contribution in [0.25, 0.3) is 0 Å². The third-order valence-electron chi connectivity index (χ3n) is 3.57. The van der Waals surface area contributed by atoms with Crippen molar-refractivity contribution in [2.75, 3.05) is 13.2 Å². The van der Waals surface area contributed by atoms with Crippen LogP contribution in [0.4, 0.5) is 0 Å². The second kappa shape index (κ2) is 7.69. The van der Waals surface area contributed by atoms with Gasteiger partial charge in [-0.25, -0.2) is 0 Å². The molecule has 2 rings (SSSR count). The molecule has 0 spiro atoms. The van der Waals surface area contributed by atoms with Crippen molar-refractivity contribution in [1.82, 2.24) is 0 Å². The van der Waals surface area contributed by atoms with E-state index in [9.17, 15) is 5.11 Å². The maximum absolute atomic E-state index is 9.90. The first-order valence-corrected chi connectivity index (χ1v) is 7.66. The van der Waals surface area contributed by atoms with Gasteiger partial charge in [-0.1, -0.05) is 17.7 Å². The molecule has 0 aliphatic rings. The van der Waals surface area contributed by atoms with Gasteiger partial charge in [0.2, 0.25) is 11.4 Å². The van der Waals surface area contributed by atoms with Crippen LogP contribution < -0.4 is 14.0 Å². The van der Waals surface area contributed by atoms with Crippen molar-refractivity contribution in [3.8, 4) is 17.2 Å². The fourth-order valence-electron chi connectivity index (χ4n) is 2.24. The highest BCUT2D eigenvalue weighted by molar-refractivity contribution is 5.38. The van der Waals surface area contributed by atoms with Crippen molar-refractivity contribution in [2.45, 2.75) is 33.7 Å². The number of hydrogen-bond donors (Lipinski definition) is 1. The first-order chi connectivity index (χ1) is 10.6. The predicted molar refractivity (Wildman–Crippen MR) is 85.5 cm³/mol. The molecule has 0 fully saturated rings. The number of benzene rings is 1. The van der Waals surface area contributed by atoms with Gasteiger partial charge < -0.3 is 14.6 Å². The third kappa shape index (κ3) is 4.13. The summed E-state index contributed by atoms with van der Waals surface area (Å²) < 4.78 is 13.4. The van der Waals surface area contributed by atoms with Crippen molar-refractivity contribution < 1.29 is 19.1 Å². The van der Waals surface area contributed by atoms with Gasteiger partial charge >= 0.3 is 0 Å². The van der Waals surface area contributed by atoms with Crippen LogP contribution in [0.3, 0.4) is 0 Å². The minimum Gasteiger partial charge on any atom is -0.504 e. The summed E-state index contributed by atoms with van der Waals surface area (Å²) in [7, 11) is 0. The summed E-state index contributed by atoms with van der Waals surface area (Å²) in [5, 5.41) is 9.90. The molecule has 2 aromatic rings. The lowest BCUT2D eigenvalue weighted by atomic mass is 10.2. The third-order valence-corrected chi connectivity index (χ3v) is 3.57. The fraction of sp³-hybridized carbons (Fsp3) is 0.389. The predicted octanol–water partition coefficient (Wildman–Crippen LogP) is 3.16. The number of pyridine rings is 1. The second-order valence-electron chi connectivity index (χ2n) is 5.27. The van der Waals surface area contributed by atoms with Crippen molar-refractivity contribution in [2.24, 2.45) is 0 Å². The van der Waals surface area contributed by atoms with Gasteiger partial charge in [0.05, 0.1) is 13.2 Å². The molecule has 0 atom stereocenters. The minimum absolute atomic E-state index is 0.182. The van der Waals surface area contributed by atoms with Gasteiger partial charge in [-0.3, -0.25) is 0 Å². The molecule has 0 amide bonds. The highest BCUT2D eigenvalue weighted by Gasteiger charge is 2.16. The molecule has 22 heavy (non-hydrogen) atoms. The van der Waals surface area contributed by atoms with Crippen LogP contribution in [0.2, 0.25) is 0 Å². The fourth-order valence-corrected chi connectivity index (χ4v) is 2.24. The topological polar surface area (TPSA) is 42.6 Å². The number of hydrogen-bond acceptors (Lipinski definition) is 3. The van der Waals surface area contributed by atoms with Crippen LogP contribution in [-0.4, -0.2) is 18.3 Å². The summed E-state index contributed by atoms with van der Waals surface area (Å²) in [5.41, 5.74) is 2.15. The number of aromatic nitrogens is 1. The summed E-state index contributed by atoms with van der Waals surface area (Å²) in [6, 6.07) is 9.65. The molecule has 0 saturated heterocycles. The van der Waals surface area contributed by atoms with Crippen molar-refractivity contribution in [3.05, 3.63) is 47.8 Å². The molecule has 0 radical (unpaired) electrons. The highest BCUT2D eigenvalue weighted by Crippen LogP contribution is 2.26. The molecule has 118 valence electrons. The standard InChI is InChI=1S/C18H23NO3/c1-4-19-11-10-17(20)18(15(19)3)22-13-5-12-21-16-8-6-14(2)7-9-16/h6-11H,4-5,12-13H2,1-3H3/p+1. The van der Waals surface area contributed by atoms with E-state index >= 15 is 0 Å². The van der Waals surface area contributed by atoms with Crippen molar-refractivity contribution in [1.29, 1.82) is 0 Å². The lowest BCUT2D eigenvalue weighted by molar-refractivity contribution is -0.699.